The third kappa shape index (κ3) is 3.08. The van der Waals surface area contributed by atoms with Gasteiger partial charge < -0.3 is 24.4 Å². The lowest BCUT2D eigenvalue weighted by Crippen LogP contribution is -2.36. The molecule has 2 aliphatic rings. The average Bonchev–Trinajstić information content (AvgIpc) is 3.21. The number of methoxy groups -OCH3 is 1. The molecule has 0 atom stereocenters. The van der Waals surface area contributed by atoms with Gasteiger partial charge in [0.2, 0.25) is 12.5 Å². The molecule has 0 saturated heterocycles. The van der Waals surface area contributed by atoms with Crippen molar-refractivity contribution in [1.82, 2.24) is 10.2 Å². The van der Waals surface area contributed by atoms with Crippen molar-refractivity contribution in [3.63, 3.8) is 0 Å². The Morgan fingerprint density at radius 3 is 2.53 bits per heavy atom. The van der Waals surface area contributed by atoms with Gasteiger partial charge in [-0.1, -0.05) is 0 Å². The van der Waals surface area contributed by atoms with Crippen LogP contribution < -0.4 is 19.5 Å². The monoisotopic (exact) mass is 422 g/mol. The van der Waals surface area contributed by atoms with Gasteiger partial charge in [-0.2, -0.15) is 0 Å². The van der Waals surface area contributed by atoms with Crippen LogP contribution in [0.25, 0.3) is 0 Å². The zero-order valence-electron chi connectivity index (χ0n) is 16.1. The smallest absolute Gasteiger partial charge is 0.257 e. The van der Waals surface area contributed by atoms with Crippen LogP contribution in [0.3, 0.4) is 0 Å². The fraction of sp³-hybridized carbons (Fsp3) is 0.300. The summed E-state index contributed by atoms with van der Waals surface area (Å²) in [5.74, 6) is -4.82. The molecular weight excluding hydrogens is 405 g/mol. The molecule has 0 bridgehead atoms. The van der Waals surface area contributed by atoms with E-state index in [1.807, 2.05) is 0 Å². The highest BCUT2D eigenvalue weighted by atomic mass is 19.2. The van der Waals surface area contributed by atoms with Crippen LogP contribution >= 0.6 is 0 Å². The quantitative estimate of drug-likeness (QED) is 0.766. The molecule has 2 aromatic carbocycles. The molecule has 1 N–H and O–H groups in total. The van der Waals surface area contributed by atoms with Gasteiger partial charge in [-0.05, 0) is 24.1 Å². The minimum Gasteiger partial charge on any atom is -0.492 e. The average molecular weight is 422 g/mol. The maximum atomic E-state index is 13.4. The number of amides is 2. The van der Waals surface area contributed by atoms with Gasteiger partial charge in [0.25, 0.3) is 11.8 Å². The standard InChI is InChI=1S/C20H17F3N2O5/c1-25-4-3-10-11(7-24-19(26)9-5-12(21)15(23)13(22)6-9)16-18(30-8-29-16)17(28-2)14(10)20(25)27/h5-6H,3-4,7-8H2,1-2H3,(H,24,26). The van der Waals surface area contributed by atoms with E-state index in [0.29, 0.717) is 47.5 Å². The zero-order chi connectivity index (χ0) is 21.6. The molecule has 0 fully saturated rings. The number of halogens is 3. The SMILES string of the molecule is COc1c2c(c(CNC(=O)c3cc(F)c(F)c(F)c3)c3c1C(=O)N(C)CC3)OCO2. The number of nitrogens with zero attached hydrogens (tertiary/aromatic N) is 1. The molecule has 158 valence electrons. The lowest BCUT2D eigenvalue weighted by atomic mass is 9.91. The van der Waals surface area contributed by atoms with Crippen molar-refractivity contribution in [3.8, 4) is 17.2 Å². The van der Waals surface area contributed by atoms with Crippen molar-refractivity contribution in [2.75, 3.05) is 27.5 Å². The van der Waals surface area contributed by atoms with Gasteiger partial charge in [0, 0.05) is 31.3 Å². The number of hydrogen-bond acceptors (Lipinski definition) is 5. The summed E-state index contributed by atoms with van der Waals surface area (Å²) in [4.78, 5) is 26.7. The number of carbonyl (C=O) groups is 2. The molecule has 2 aliphatic heterocycles. The first-order chi connectivity index (χ1) is 14.3. The first kappa shape index (κ1) is 19.9. The molecule has 4 rings (SSSR count). The van der Waals surface area contributed by atoms with Crippen LogP contribution in [0.2, 0.25) is 0 Å². The van der Waals surface area contributed by atoms with Crippen molar-refractivity contribution in [3.05, 3.63) is 51.8 Å². The third-order valence-corrected chi connectivity index (χ3v) is 5.12. The summed E-state index contributed by atoms with van der Waals surface area (Å²) in [7, 11) is 3.08. The van der Waals surface area contributed by atoms with E-state index < -0.39 is 23.4 Å². The molecule has 0 spiro atoms. The fourth-order valence-electron chi connectivity index (χ4n) is 3.62. The maximum absolute atomic E-state index is 13.4. The van der Waals surface area contributed by atoms with Crippen LogP contribution in [0.4, 0.5) is 13.2 Å². The van der Waals surface area contributed by atoms with Crippen molar-refractivity contribution in [1.29, 1.82) is 0 Å². The normalized spacial score (nSPS) is 14.6. The molecule has 7 nitrogen and oxygen atoms in total. The van der Waals surface area contributed by atoms with E-state index in [2.05, 4.69) is 5.32 Å². The minimum atomic E-state index is -1.65. The van der Waals surface area contributed by atoms with Crippen molar-refractivity contribution in [2.45, 2.75) is 13.0 Å². The Labute approximate surface area is 169 Å². The van der Waals surface area contributed by atoms with Crippen LogP contribution in [0.15, 0.2) is 12.1 Å². The zero-order valence-corrected chi connectivity index (χ0v) is 16.1. The van der Waals surface area contributed by atoms with E-state index in [1.54, 1.807) is 11.9 Å². The second kappa shape index (κ2) is 7.43. The second-order valence-corrected chi connectivity index (χ2v) is 6.84. The van der Waals surface area contributed by atoms with Crippen molar-refractivity contribution < 1.29 is 37.0 Å². The summed E-state index contributed by atoms with van der Waals surface area (Å²) < 4.78 is 56.5. The summed E-state index contributed by atoms with van der Waals surface area (Å²) in [5, 5.41) is 2.54. The highest BCUT2D eigenvalue weighted by molar-refractivity contribution is 6.01. The highest BCUT2D eigenvalue weighted by Crippen LogP contribution is 2.49. The number of carbonyl (C=O) groups excluding carboxylic acids is 2. The first-order valence-corrected chi connectivity index (χ1v) is 9.03. The van der Waals surface area contributed by atoms with Gasteiger partial charge in [0.15, 0.2) is 29.0 Å². The molecule has 30 heavy (non-hydrogen) atoms. The molecule has 0 unspecified atom stereocenters. The van der Waals surface area contributed by atoms with Crippen molar-refractivity contribution in [2.24, 2.45) is 0 Å². The van der Waals surface area contributed by atoms with Crippen LogP contribution in [0.1, 0.15) is 31.8 Å². The lowest BCUT2D eigenvalue weighted by molar-refractivity contribution is 0.0775. The molecular formula is C20H17F3N2O5. The predicted molar refractivity (Wildman–Crippen MR) is 97.3 cm³/mol. The van der Waals surface area contributed by atoms with Crippen LogP contribution in [-0.4, -0.2) is 44.2 Å². The van der Waals surface area contributed by atoms with Crippen LogP contribution in [0.5, 0.6) is 17.2 Å². The van der Waals surface area contributed by atoms with Gasteiger partial charge in [0.05, 0.1) is 12.7 Å². The topological polar surface area (TPSA) is 77.1 Å². The van der Waals surface area contributed by atoms with E-state index >= 15 is 0 Å². The lowest BCUT2D eigenvalue weighted by Gasteiger charge is -2.29. The third-order valence-electron chi connectivity index (χ3n) is 5.12. The number of likely N-dealkylation sites (N-methyl/N-ethyl adjacent to an activating group) is 1. The van der Waals surface area contributed by atoms with E-state index in [1.165, 1.54) is 7.11 Å². The Morgan fingerprint density at radius 2 is 1.87 bits per heavy atom. The maximum Gasteiger partial charge on any atom is 0.257 e. The highest BCUT2D eigenvalue weighted by Gasteiger charge is 2.36. The number of fused-ring (bicyclic) bond motifs is 2. The number of rotatable bonds is 4. The first-order valence-electron chi connectivity index (χ1n) is 9.03. The Bertz CT molecular complexity index is 1050. The van der Waals surface area contributed by atoms with Crippen LogP contribution in [-0.2, 0) is 13.0 Å². The molecule has 0 aromatic heterocycles. The molecule has 0 radical (unpaired) electrons. The van der Waals surface area contributed by atoms with Gasteiger partial charge >= 0.3 is 0 Å². The summed E-state index contributed by atoms with van der Waals surface area (Å²) >= 11 is 0. The second-order valence-electron chi connectivity index (χ2n) is 6.84. The van der Waals surface area contributed by atoms with Crippen LogP contribution in [0, 0.1) is 17.5 Å². The summed E-state index contributed by atoms with van der Waals surface area (Å²) in [5.41, 5.74) is 1.09. The molecule has 2 amide bonds. The Balaban J connectivity index is 1.71. The molecule has 0 aliphatic carbocycles. The van der Waals surface area contributed by atoms with Gasteiger partial charge in [-0.15, -0.1) is 0 Å². The summed E-state index contributed by atoms with van der Waals surface area (Å²) in [6, 6.07) is 1.22. The number of ether oxygens (including phenoxy) is 3. The summed E-state index contributed by atoms with van der Waals surface area (Å²) in [6.07, 6.45) is 0.482. The minimum absolute atomic E-state index is 0.0893. The van der Waals surface area contributed by atoms with Gasteiger partial charge in [0.1, 0.15) is 0 Å². The molecule has 10 heteroatoms. The fourth-order valence-corrected chi connectivity index (χ4v) is 3.62. The predicted octanol–water partition coefficient (Wildman–Crippen LogP) is 2.40. The van der Waals surface area contributed by atoms with Gasteiger partial charge in [-0.3, -0.25) is 9.59 Å². The largest absolute Gasteiger partial charge is 0.492 e. The number of hydrogen-bond donors (Lipinski definition) is 1. The Morgan fingerprint density at radius 1 is 1.20 bits per heavy atom. The number of benzene rings is 2. The van der Waals surface area contributed by atoms with Gasteiger partial charge in [-0.25, -0.2) is 13.2 Å². The Kier molecular flexibility index (Phi) is 4.92. The van der Waals surface area contributed by atoms with Crippen molar-refractivity contribution >= 4 is 11.8 Å². The van der Waals surface area contributed by atoms with E-state index in [-0.39, 0.29) is 36.3 Å². The van der Waals surface area contributed by atoms with E-state index in [0.717, 1.165) is 0 Å². The molecule has 2 heterocycles. The number of nitrogens with one attached hydrogen (secondary N) is 1. The summed E-state index contributed by atoms with van der Waals surface area (Å²) in [6.45, 7) is 0.256. The van der Waals surface area contributed by atoms with E-state index in [4.69, 9.17) is 14.2 Å². The van der Waals surface area contributed by atoms with E-state index in [9.17, 15) is 22.8 Å². The molecule has 2 aromatic rings. The Hall–Kier alpha value is -3.43. The molecule has 0 saturated carbocycles.